The molecule has 0 amide bonds. The second-order valence-corrected chi connectivity index (χ2v) is 4.95. The Labute approximate surface area is 80.1 Å². The number of rotatable bonds is 3. The minimum Gasteiger partial charge on any atom is -0.0892 e. The molecule has 60 valence electrons. The van der Waals surface area contributed by atoms with Crippen molar-refractivity contribution in [2.75, 3.05) is 5.75 Å². The number of benzene rings is 1. The van der Waals surface area contributed by atoms with Gasteiger partial charge in [-0.1, -0.05) is 52.2 Å². The second-order valence-electron chi connectivity index (χ2n) is 1.92. The van der Waals surface area contributed by atoms with Crippen LogP contribution < -0.4 is 0 Å². The molecular weight excluding hydrogens is 196 g/mol. The van der Waals surface area contributed by atoms with Crippen molar-refractivity contribution in [1.29, 1.82) is 0 Å². The maximum absolute atomic E-state index is 5.93. The molecule has 0 fully saturated rings. The van der Waals surface area contributed by atoms with Gasteiger partial charge in [0.15, 0.2) is 0 Å². The fourth-order valence-corrected chi connectivity index (χ4v) is 2.72. The molecule has 0 nitrogen and oxygen atoms in total. The summed E-state index contributed by atoms with van der Waals surface area (Å²) in [4.78, 5) is 1.15. The Bertz CT molecular complexity index is 225. The number of hydrogen-bond donors (Lipinski definition) is 0. The summed E-state index contributed by atoms with van der Waals surface area (Å²) >= 11 is 5.93. The summed E-state index contributed by atoms with van der Waals surface area (Å²) in [7, 11) is 3.54. The van der Waals surface area contributed by atoms with Crippen LogP contribution in [-0.2, 0) is 0 Å². The van der Waals surface area contributed by atoms with Gasteiger partial charge >= 0.3 is 0 Å². The molecule has 0 atom stereocenters. The van der Waals surface area contributed by atoms with E-state index in [4.69, 9.17) is 11.6 Å². The third-order valence-electron chi connectivity index (χ3n) is 1.10. The van der Waals surface area contributed by atoms with E-state index in [0.29, 0.717) is 0 Å². The molecule has 1 aromatic carbocycles. The molecule has 1 rings (SSSR count). The van der Waals surface area contributed by atoms with Crippen LogP contribution in [0.1, 0.15) is 6.92 Å². The van der Waals surface area contributed by atoms with Crippen molar-refractivity contribution in [3.05, 3.63) is 29.3 Å². The maximum atomic E-state index is 5.93. The lowest BCUT2D eigenvalue weighted by Crippen LogP contribution is -1.69. The molecule has 11 heavy (non-hydrogen) atoms. The fourth-order valence-electron chi connectivity index (χ4n) is 0.635. The van der Waals surface area contributed by atoms with Gasteiger partial charge in [0.25, 0.3) is 0 Å². The molecule has 0 radical (unpaired) electrons. The molecule has 0 saturated heterocycles. The Kier molecular flexibility index (Phi) is 4.20. The van der Waals surface area contributed by atoms with Crippen LogP contribution in [0.5, 0.6) is 0 Å². The summed E-state index contributed by atoms with van der Waals surface area (Å²) in [6.07, 6.45) is 0. The van der Waals surface area contributed by atoms with Crippen LogP contribution in [0.4, 0.5) is 0 Å². The summed E-state index contributed by atoms with van der Waals surface area (Å²) in [5.41, 5.74) is 0. The average molecular weight is 205 g/mol. The zero-order valence-electron chi connectivity index (χ0n) is 6.21. The van der Waals surface area contributed by atoms with E-state index in [9.17, 15) is 0 Å². The molecular formula is C8H9ClS2. The SMILES string of the molecule is CCSSc1ccccc1Cl. The van der Waals surface area contributed by atoms with E-state index >= 15 is 0 Å². The maximum Gasteiger partial charge on any atom is 0.0550 e. The first-order valence-electron chi connectivity index (χ1n) is 3.38. The zero-order valence-corrected chi connectivity index (χ0v) is 8.60. The Morgan fingerprint density at radius 2 is 2.09 bits per heavy atom. The van der Waals surface area contributed by atoms with E-state index < -0.39 is 0 Å². The van der Waals surface area contributed by atoms with Gasteiger partial charge in [0, 0.05) is 10.6 Å². The van der Waals surface area contributed by atoms with E-state index in [2.05, 4.69) is 6.92 Å². The molecule has 0 bridgehead atoms. The van der Waals surface area contributed by atoms with Crippen LogP contribution in [0.3, 0.4) is 0 Å². The minimum atomic E-state index is 0.846. The summed E-state index contributed by atoms with van der Waals surface area (Å²) in [6, 6.07) is 7.91. The molecule has 0 spiro atoms. The van der Waals surface area contributed by atoms with Gasteiger partial charge in [0.2, 0.25) is 0 Å². The van der Waals surface area contributed by atoms with Crippen molar-refractivity contribution in [2.24, 2.45) is 0 Å². The van der Waals surface area contributed by atoms with Gasteiger partial charge < -0.3 is 0 Å². The van der Waals surface area contributed by atoms with Crippen LogP contribution in [-0.4, -0.2) is 5.75 Å². The third-order valence-corrected chi connectivity index (χ3v) is 4.03. The number of halogens is 1. The lowest BCUT2D eigenvalue weighted by atomic mass is 10.4. The van der Waals surface area contributed by atoms with Gasteiger partial charge in [-0.2, -0.15) is 0 Å². The Morgan fingerprint density at radius 3 is 2.73 bits per heavy atom. The lowest BCUT2D eigenvalue weighted by Gasteiger charge is -1.99. The first-order valence-corrected chi connectivity index (χ1v) is 6.08. The van der Waals surface area contributed by atoms with Gasteiger partial charge in [0.1, 0.15) is 0 Å². The average Bonchev–Trinajstić information content (AvgIpc) is 2.03. The summed E-state index contributed by atoms with van der Waals surface area (Å²) in [5, 5.41) is 0.846. The second kappa shape index (κ2) is 4.96. The number of hydrogen-bond acceptors (Lipinski definition) is 2. The summed E-state index contributed by atoms with van der Waals surface area (Å²) in [6.45, 7) is 2.13. The lowest BCUT2D eigenvalue weighted by molar-refractivity contribution is 1.47. The summed E-state index contributed by atoms with van der Waals surface area (Å²) in [5.74, 6) is 1.11. The van der Waals surface area contributed by atoms with Crippen LogP contribution >= 0.6 is 33.2 Å². The molecule has 0 unspecified atom stereocenters. The Balaban J connectivity index is 2.62. The van der Waals surface area contributed by atoms with Crippen molar-refractivity contribution in [1.82, 2.24) is 0 Å². The van der Waals surface area contributed by atoms with Crippen LogP contribution in [0.2, 0.25) is 5.02 Å². The van der Waals surface area contributed by atoms with Crippen molar-refractivity contribution in [2.45, 2.75) is 11.8 Å². The predicted octanol–water partition coefficient (Wildman–Crippen LogP) is 4.10. The van der Waals surface area contributed by atoms with Gasteiger partial charge in [-0.05, 0) is 12.1 Å². The molecule has 0 heterocycles. The molecule has 0 N–H and O–H groups in total. The van der Waals surface area contributed by atoms with Gasteiger partial charge in [-0.15, -0.1) is 0 Å². The van der Waals surface area contributed by atoms with E-state index in [0.717, 1.165) is 15.7 Å². The highest BCUT2D eigenvalue weighted by Crippen LogP contribution is 2.35. The zero-order chi connectivity index (χ0) is 8.10. The molecule has 1 aromatic rings. The highest BCUT2D eigenvalue weighted by Gasteiger charge is 1.97. The quantitative estimate of drug-likeness (QED) is 0.680. The fraction of sp³-hybridized carbons (Fsp3) is 0.250. The van der Waals surface area contributed by atoms with Crippen LogP contribution in [0.15, 0.2) is 29.2 Å². The predicted molar refractivity (Wildman–Crippen MR) is 55.4 cm³/mol. The smallest absolute Gasteiger partial charge is 0.0550 e. The largest absolute Gasteiger partial charge is 0.0892 e. The van der Waals surface area contributed by atoms with Crippen molar-refractivity contribution < 1.29 is 0 Å². The van der Waals surface area contributed by atoms with E-state index in [1.165, 1.54) is 0 Å². The van der Waals surface area contributed by atoms with E-state index in [-0.39, 0.29) is 0 Å². The first-order chi connectivity index (χ1) is 5.34. The van der Waals surface area contributed by atoms with Crippen molar-refractivity contribution >= 4 is 33.2 Å². The standard InChI is InChI=1S/C8H9ClS2/c1-2-10-11-8-6-4-3-5-7(8)9/h3-6H,2H2,1H3. The monoisotopic (exact) mass is 204 g/mol. The van der Waals surface area contributed by atoms with E-state index in [1.54, 1.807) is 10.8 Å². The molecule has 0 aromatic heterocycles. The molecule has 0 aliphatic carbocycles. The molecule has 0 aliphatic rings. The van der Waals surface area contributed by atoms with Gasteiger partial charge in [-0.25, -0.2) is 0 Å². The highest BCUT2D eigenvalue weighted by atomic mass is 35.5. The molecule has 0 saturated carbocycles. The first kappa shape index (κ1) is 9.30. The van der Waals surface area contributed by atoms with Crippen molar-refractivity contribution in [3.63, 3.8) is 0 Å². The van der Waals surface area contributed by atoms with E-state index in [1.807, 2.05) is 35.1 Å². The highest BCUT2D eigenvalue weighted by molar-refractivity contribution is 8.76. The van der Waals surface area contributed by atoms with Gasteiger partial charge in [0.05, 0.1) is 5.02 Å². The summed E-state index contributed by atoms with van der Waals surface area (Å²) < 4.78 is 0. The minimum absolute atomic E-state index is 0.846. The Hall–Kier alpha value is 0.210. The topological polar surface area (TPSA) is 0 Å². The Morgan fingerprint density at radius 1 is 1.36 bits per heavy atom. The van der Waals surface area contributed by atoms with Crippen LogP contribution in [0, 0.1) is 0 Å². The van der Waals surface area contributed by atoms with Crippen LogP contribution in [0.25, 0.3) is 0 Å². The van der Waals surface area contributed by atoms with Crippen molar-refractivity contribution in [3.8, 4) is 0 Å². The van der Waals surface area contributed by atoms with Gasteiger partial charge in [-0.3, -0.25) is 0 Å². The third kappa shape index (κ3) is 2.97. The molecule has 3 heteroatoms. The molecule has 0 aliphatic heterocycles. The normalized spacial score (nSPS) is 10.0.